The van der Waals surface area contributed by atoms with Crippen molar-refractivity contribution in [3.63, 3.8) is 0 Å². The topological polar surface area (TPSA) is 101 Å². The van der Waals surface area contributed by atoms with Crippen LogP contribution in [0.4, 0.5) is 14.5 Å². The zero-order chi connectivity index (χ0) is 25.9. The quantitative estimate of drug-likeness (QED) is 0.338. The summed E-state index contributed by atoms with van der Waals surface area (Å²) >= 11 is 0. The number of anilines is 1. The highest BCUT2D eigenvalue weighted by Gasteiger charge is 2.22. The SMILES string of the molecule is CCCn1c(C(F)F)nc2cc(-c3cc(COC4CCN(c5cccc(OC)c5)CC4)[nH]n3)[nH]c2c1=O. The molecular weight excluding hydrogens is 482 g/mol. The summed E-state index contributed by atoms with van der Waals surface area (Å²) in [5, 5.41) is 7.29. The van der Waals surface area contributed by atoms with Crippen molar-refractivity contribution < 1.29 is 18.3 Å². The average Bonchev–Trinajstić information content (AvgIpc) is 3.57. The van der Waals surface area contributed by atoms with Crippen LogP contribution in [-0.4, -0.2) is 51.0 Å². The second-order valence-electron chi connectivity index (χ2n) is 9.15. The summed E-state index contributed by atoms with van der Waals surface area (Å²) in [7, 11) is 1.67. The minimum absolute atomic E-state index is 0.135. The van der Waals surface area contributed by atoms with Gasteiger partial charge in [0.2, 0.25) is 0 Å². The Bertz CT molecular complexity index is 1420. The van der Waals surface area contributed by atoms with Crippen LogP contribution in [0.2, 0.25) is 0 Å². The molecule has 0 amide bonds. The van der Waals surface area contributed by atoms with Gasteiger partial charge in [0.15, 0.2) is 5.82 Å². The number of piperidine rings is 1. The van der Waals surface area contributed by atoms with E-state index in [2.05, 4.69) is 31.1 Å². The van der Waals surface area contributed by atoms with Gasteiger partial charge in [0.25, 0.3) is 12.0 Å². The molecular formula is C26H30F2N6O3. The molecule has 0 radical (unpaired) electrons. The molecule has 37 heavy (non-hydrogen) atoms. The molecule has 4 heterocycles. The third-order valence-corrected chi connectivity index (χ3v) is 6.65. The van der Waals surface area contributed by atoms with Crippen molar-refractivity contribution in [2.75, 3.05) is 25.1 Å². The highest BCUT2D eigenvalue weighted by molar-refractivity contribution is 5.81. The molecule has 1 aliphatic heterocycles. The highest BCUT2D eigenvalue weighted by Crippen LogP contribution is 2.26. The lowest BCUT2D eigenvalue weighted by Crippen LogP contribution is -2.37. The zero-order valence-corrected chi connectivity index (χ0v) is 20.8. The van der Waals surface area contributed by atoms with E-state index in [1.807, 2.05) is 31.2 Å². The number of benzene rings is 1. The van der Waals surface area contributed by atoms with Crippen molar-refractivity contribution >= 4 is 16.7 Å². The lowest BCUT2D eigenvalue weighted by molar-refractivity contribution is 0.0234. The molecule has 0 aliphatic carbocycles. The Morgan fingerprint density at radius 2 is 2.00 bits per heavy atom. The van der Waals surface area contributed by atoms with Crippen LogP contribution >= 0.6 is 0 Å². The van der Waals surface area contributed by atoms with Gasteiger partial charge in [0, 0.05) is 31.4 Å². The summed E-state index contributed by atoms with van der Waals surface area (Å²) < 4.78 is 39.5. The van der Waals surface area contributed by atoms with Gasteiger partial charge in [0.1, 0.15) is 17.0 Å². The molecule has 1 fully saturated rings. The molecule has 196 valence electrons. The average molecular weight is 513 g/mol. The summed E-state index contributed by atoms with van der Waals surface area (Å²) in [4.78, 5) is 22.2. The summed E-state index contributed by atoms with van der Waals surface area (Å²) in [6.45, 7) is 4.16. The van der Waals surface area contributed by atoms with Crippen LogP contribution in [0.25, 0.3) is 22.4 Å². The fourth-order valence-electron chi connectivity index (χ4n) is 4.73. The van der Waals surface area contributed by atoms with Crippen molar-refractivity contribution in [2.45, 2.75) is 51.9 Å². The summed E-state index contributed by atoms with van der Waals surface area (Å²) in [6, 6.07) is 11.5. The van der Waals surface area contributed by atoms with Gasteiger partial charge in [-0.25, -0.2) is 13.8 Å². The van der Waals surface area contributed by atoms with Crippen molar-refractivity contribution in [3.05, 3.63) is 58.3 Å². The second kappa shape index (κ2) is 10.7. The third kappa shape index (κ3) is 5.22. The number of fused-ring (bicyclic) bond motifs is 1. The molecule has 0 unspecified atom stereocenters. The molecule has 0 bridgehead atoms. The predicted octanol–water partition coefficient (Wildman–Crippen LogP) is 4.66. The van der Waals surface area contributed by atoms with Gasteiger partial charge in [-0.15, -0.1) is 0 Å². The molecule has 5 rings (SSSR count). The van der Waals surface area contributed by atoms with Gasteiger partial charge >= 0.3 is 0 Å². The minimum Gasteiger partial charge on any atom is -0.497 e. The molecule has 3 aromatic heterocycles. The number of aromatic amines is 2. The minimum atomic E-state index is -2.83. The lowest BCUT2D eigenvalue weighted by atomic mass is 10.1. The maximum atomic E-state index is 13.5. The second-order valence-corrected chi connectivity index (χ2v) is 9.15. The number of nitrogens with one attached hydrogen (secondary N) is 2. The lowest BCUT2D eigenvalue weighted by Gasteiger charge is -2.33. The number of halogens is 2. The third-order valence-electron chi connectivity index (χ3n) is 6.65. The van der Waals surface area contributed by atoms with E-state index in [-0.39, 0.29) is 23.7 Å². The smallest absolute Gasteiger partial charge is 0.295 e. The Hall–Kier alpha value is -3.73. The number of hydrogen-bond acceptors (Lipinski definition) is 6. The van der Waals surface area contributed by atoms with Crippen LogP contribution in [0.15, 0.2) is 41.2 Å². The van der Waals surface area contributed by atoms with Crippen LogP contribution in [0.3, 0.4) is 0 Å². The van der Waals surface area contributed by atoms with Gasteiger partial charge < -0.3 is 19.4 Å². The van der Waals surface area contributed by atoms with E-state index in [1.165, 1.54) is 0 Å². The van der Waals surface area contributed by atoms with Crippen LogP contribution < -0.4 is 15.2 Å². The van der Waals surface area contributed by atoms with Crippen molar-refractivity contribution in [3.8, 4) is 17.1 Å². The summed E-state index contributed by atoms with van der Waals surface area (Å²) in [5.41, 5.74) is 2.91. The molecule has 0 spiro atoms. The number of methoxy groups -OCH3 is 1. The first-order chi connectivity index (χ1) is 18.0. The van der Waals surface area contributed by atoms with Gasteiger partial charge in [-0.3, -0.25) is 14.5 Å². The van der Waals surface area contributed by atoms with Crippen molar-refractivity contribution in [2.24, 2.45) is 0 Å². The van der Waals surface area contributed by atoms with E-state index >= 15 is 0 Å². The fourth-order valence-corrected chi connectivity index (χ4v) is 4.73. The van der Waals surface area contributed by atoms with Gasteiger partial charge in [-0.2, -0.15) is 5.10 Å². The van der Waals surface area contributed by atoms with Crippen molar-refractivity contribution in [1.29, 1.82) is 0 Å². The van der Waals surface area contributed by atoms with Crippen LogP contribution in [0.1, 0.15) is 44.1 Å². The number of hydrogen-bond donors (Lipinski definition) is 2. The Kier molecular flexibility index (Phi) is 7.22. The Balaban J connectivity index is 1.23. The predicted molar refractivity (Wildman–Crippen MR) is 136 cm³/mol. The van der Waals surface area contributed by atoms with Crippen LogP contribution in [0, 0.1) is 0 Å². The molecule has 1 aromatic carbocycles. The maximum Gasteiger partial charge on any atom is 0.295 e. The van der Waals surface area contributed by atoms with Gasteiger partial charge in [0.05, 0.1) is 36.7 Å². The van der Waals surface area contributed by atoms with Gasteiger partial charge in [-0.1, -0.05) is 13.0 Å². The standard InChI is InChI=1S/C26H30F2N6O3/c1-3-9-34-25(24(27)28)30-22-14-20(29-23(22)26(34)35)21-12-16(31-32-21)15-37-18-7-10-33(11-8-18)17-5-4-6-19(13-17)36-2/h4-6,12-14,18,24,29H,3,7-11,15H2,1-2H3,(H,31,32). The summed E-state index contributed by atoms with van der Waals surface area (Å²) in [6.07, 6.45) is -0.345. The first-order valence-electron chi connectivity index (χ1n) is 12.4. The number of alkyl halides is 2. The number of nitrogens with zero attached hydrogens (tertiary/aromatic N) is 4. The number of aromatic nitrogens is 5. The largest absolute Gasteiger partial charge is 0.497 e. The molecule has 0 saturated carbocycles. The van der Waals surface area contributed by atoms with Crippen LogP contribution in [-0.2, 0) is 17.9 Å². The van der Waals surface area contributed by atoms with E-state index < -0.39 is 17.8 Å². The molecule has 4 aromatic rings. The molecule has 1 saturated heterocycles. The first-order valence-corrected chi connectivity index (χ1v) is 12.4. The highest BCUT2D eigenvalue weighted by atomic mass is 19.3. The molecule has 9 nitrogen and oxygen atoms in total. The van der Waals surface area contributed by atoms with Crippen molar-refractivity contribution in [1.82, 2.24) is 24.7 Å². The van der Waals surface area contributed by atoms with E-state index in [1.54, 1.807) is 13.2 Å². The number of rotatable bonds is 9. The number of H-pyrrole nitrogens is 2. The van der Waals surface area contributed by atoms with E-state index in [0.717, 1.165) is 47.6 Å². The molecule has 2 N–H and O–H groups in total. The summed E-state index contributed by atoms with van der Waals surface area (Å²) in [5.74, 6) is 0.330. The van der Waals surface area contributed by atoms with Gasteiger partial charge in [-0.05, 0) is 43.5 Å². The molecule has 11 heteroatoms. The maximum absolute atomic E-state index is 13.5. The molecule has 1 aliphatic rings. The van der Waals surface area contributed by atoms with E-state index in [4.69, 9.17) is 9.47 Å². The molecule has 0 atom stereocenters. The zero-order valence-electron chi connectivity index (χ0n) is 20.8. The Morgan fingerprint density at radius 1 is 1.19 bits per heavy atom. The Labute approximate surface area is 212 Å². The number of ether oxygens (including phenoxy) is 2. The van der Waals surface area contributed by atoms with E-state index in [9.17, 15) is 13.6 Å². The first kappa shape index (κ1) is 24.9. The Morgan fingerprint density at radius 3 is 2.73 bits per heavy atom. The van der Waals surface area contributed by atoms with E-state index in [0.29, 0.717) is 24.4 Å². The normalized spacial score (nSPS) is 14.7. The fraction of sp³-hybridized carbons (Fsp3) is 0.423. The van der Waals surface area contributed by atoms with Crippen LogP contribution in [0.5, 0.6) is 5.75 Å². The monoisotopic (exact) mass is 512 g/mol.